The van der Waals surface area contributed by atoms with Crippen molar-refractivity contribution in [2.45, 2.75) is 25.8 Å². The smallest absolute Gasteiger partial charge is 0.218 e. The molecule has 1 amide bonds. The second-order valence-corrected chi connectivity index (χ2v) is 4.53. The van der Waals surface area contributed by atoms with Gasteiger partial charge in [0.1, 0.15) is 0 Å². The summed E-state index contributed by atoms with van der Waals surface area (Å²) in [6.45, 7) is 1.87. The molecule has 0 aliphatic heterocycles. The lowest BCUT2D eigenvalue weighted by Crippen LogP contribution is -2.20. The summed E-state index contributed by atoms with van der Waals surface area (Å²) in [5.41, 5.74) is 10.4. The van der Waals surface area contributed by atoms with E-state index in [1.165, 1.54) is 0 Å². The average Bonchev–Trinajstić information content (AvgIpc) is 1.96. The molecule has 72 valence electrons. The van der Waals surface area contributed by atoms with E-state index in [0.717, 1.165) is 6.42 Å². The molecule has 0 radical (unpaired) electrons. The van der Waals surface area contributed by atoms with Gasteiger partial charge in [-0.25, -0.2) is 0 Å². The van der Waals surface area contributed by atoms with Gasteiger partial charge in [-0.2, -0.15) is 0 Å². The third-order valence-corrected chi connectivity index (χ3v) is 2.73. The summed E-state index contributed by atoms with van der Waals surface area (Å²) in [5.74, 6) is 0.525. The summed E-state index contributed by atoms with van der Waals surface area (Å²) in [7, 11) is -0.942. The fourth-order valence-corrected chi connectivity index (χ4v) is 1.90. The Labute approximate surface area is 75.1 Å². The van der Waals surface area contributed by atoms with Crippen LogP contribution in [0.5, 0.6) is 0 Å². The maximum Gasteiger partial charge on any atom is 0.218 e. The van der Waals surface area contributed by atoms with Gasteiger partial charge in [-0.3, -0.25) is 9.00 Å². The predicted octanol–water partition coefficient (Wildman–Crippen LogP) is -0.652. The average molecular weight is 192 g/mol. The molecular formula is C7H16N2O2S. The summed E-state index contributed by atoms with van der Waals surface area (Å²) in [6.07, 6.45) is 0.928. The first-order valence-electron chi connectivity index (χ1n) is 3.91. The Morgan fingerprint density at radius 3 is 2.50 bits per heavy atom. The van der Waals surface area contributed by atoms with Gasteiger partial charge in [-0.05, 0) is 13.3 Å². The number of amides is 1. The van der Waals surface area contributed by atoms with E-state index in [9.17, 15) is 9.00 Å². The highest BCUT2D eigenvalue weighted by Gasteiger charge is 2.03. The first-order chi connectivity index (χ1) is 5.52. The van der Waals surface area contributed by atoms with Crippen LogP contribution in [0.4, 0.5) is 0 Å². The zero-order chi connectivity index (χ0) is 9.56. The van der Waals surface area contributed by atoms with Crippen LogP contribution in [0.1, 0.15) is 19.8 Å². The molecule has 4 N–H and O–H groups in total. The highest BCUT2D eigenvalue weighted by molar-refractivity contribution is 7.84. The van der Waals surface area contributed by atoms with Crippen molar-refractivity contribution in [2.24, 2.45) is 11.5 Å². The Morgan fingerprint density at radius 1 is 1.50 bits per heavy atom. The minimum absolute atomic E-state index is 0.0718. The SMILES string of the molecule is CC(N)CCS(=O)CCC(N)=O. The van der Waals surface area contributed by atoms with Crippen LogP contribution in [0.15, 0.2) is 0 Å². The largest absolute Gasteiger partial charge is 0.370 e. The van der Waals surface area contributed by atoms with Gasteiger partial charge < -0.3 is 11.5 Å². The molecule has 0 spiro atoms. The third-order valence-electron chi connectivity index (χ3n) is 1.38. The summed E-state index contributed by atoms with van der Waals surface area (Å²) in [5, 5.41) is 0. The topological polar surface area (TPSA) is 86.2 Å². The number of hydrogen-bond acceptors (Lipinski definition) is 3. The number of nitrogens with two attached hydrogens (primary N) is 2. The fraction of sp³-hybridized carbons (Fsp3) is 0.857. The molecule has 5 heteroatoms. The lowest BCUT2D eigenvalue weighted by Gasteiger charge is -2.03. The minimum Gasteiger partial charge on any atom is -0.370 e. The maximum atomic E-state index is 11.1. The fourth-order valence-electron chi connectivity index (χ4n) is 0.634. The second kappa shape index (κ2) is 6.14. The Bertz CT molecular complexity index is 171. The van der Waals surface area contributed by atoms with Crippen molar-refractivity contribution in [3.63, 3.8) is 0 Å². The van der Waals surface area contributed by atoms with E-state index in [1.54, 1.807) is 0 Å². The molecule has 2 atom stereocenters. The third kappa shape index (κ3) is 7.68. The van der Waals surface area contributed by atoms with Crippen molar-refractivity contribution in [1.29, 1.82) is 0 Å². The van der Waals surface area contributed by atoms with Crippen LogP contribution in [-0.4, -0.2) is 27.7 Å². The van der Waals surface area contributed by atoms with Crippen LogP contribution in [0.2, 0.25) is 0 Å². The van der Waals surface area contributed by atoms with Crippen LogP contribution in [0, 0.1) is 0 Å². The van der Waals surface area contributed by atoms with Gasteiger partial charge in [0.05, 0.1) is 0 Å². The van der Waals surface area contributed by atoms with Gasteiger partial charge in [0.15, 0.2) is 0 Å². The summed E-state index contributed by atoms with van der Waals surface area (Å²) >= 11 is 0. The van der Waals surface area contributed by atoms with E-state index >= 15 is 0 Å². The molecule has 0 aromatic rings. The molecule has 0 fully saturated rings. The number of primary amides is 1. The summed E-state index contributed by atoms with van der Waals surface area (Å²) in [4.78, 5) is 10.3. The molecule has 0 aromatic carbocycles. The highest BCUT2D eigenvalue weighted by atomic mass is 32.2. The predicted molar refractivity (Wildman–Crippen MR) is 50.0 cm³/mol. The Morgan fingerprint density at radius 2 is 2.08 bits per heavy atom. The van der Waals surface area contributed by atoms with E-state index in [1.807, 2.05) is 6.92 Å². The lowest BCUT2D eigenvalue weighted by molar-refractivity contribution is -0.117. The highest BCUT2D eigenvalue weighted by Crippen LogP contribution is 1.93. The van der Waals surface area contributed by atoms with Gasteiger partial charge >= 0.3 is 0 Å². The molecule has 0 aliphatic rings. The quantitative estimate of drug-likeness (QED) is 0.586. The molecule has 0 heterocycles. The second-order valence-electron chi connectivity index (χ2n) is 2.83. The van der Waals surface area contributed by atoms with Crippen molar-refractivity contribution in [3.8, 4) is 0 Å². The number of hydrogen-bond donors (Lipinski definition) is 2. The monoisotopic (exact) mass is 192 g/mol. The normalized spacial score (nSPS) is 15.5. The summed E-state index contributed by atoms with van der Waals surface area (Å²) in [6, 6.07) is 0.0718. The molecule has 0 aliphatic carbocycles. The lowest BCUT2D eigenvalue weighted by atomic mass is 10.3. The molecule has 0 aromatic heterocycles. The number of carbonyl (C=O) groups excluding carboxylic acids is 1. The Kier molecular flexibility index (Phi) is 5.92. The van der Waals surface area contributed by atoms with Crippen molar-refractivity contribution < 1.29 is 9.00 Å². The van der Waals surface area contributed by atoms with Gasteiger partial charge in [0.2, 0.25) is 5.91 Å². The first-order valence-corrected chi connectivity index (χ1v) is 5.40. The van der Waals surface area contributed by atoms with E-state index in [0.29, 0.717) is 11.5 Å². The van der Waals surface area contributed by atoms with Crippen LogP contribution in [0.25, 0.3) is 0 Å². The minimum atomic E-state index is -0.942. The molecular weight excluding hydrogens is 176 g/mol. The Balaban J connectivity index is 3.40. The van der Waals surface area contributed by atoms with E-state index < -0.39 is 16.7 Å². The first kappa shape index (κ1) is 11.6. The Hall–Kier alpha value is -0.420. The zero-order valence-corrected chi connectivity index (χ0v) is 8.10. The van der Waals surface area contributed by atoms with E-state index in [4.69, 9.17) is 11.5 Å². The molecule has 2 unspecified atom stereocenters. The molecule has 0 saturated heterocycles. The van der Waals surface area contributed by atoms with Crippen LogP contribution in [-0.2, 0) is 15.6 Å². The number of rotatable bonds is 6. The molecule has 0 bridgehead atoms. The van der Waals surface area contributed by atoms with Gasteiger partial charge in [0, 0.05) is 34.8 Å². The van der Waals surface area contributed by atoms with Crippen molar-refractivity contribution in [3.05, 3.63) is 0 Å². The molecule has 0 saturated carbocycles. The van der Waals surface area contributed by atoms with Crippen LogP contribution in [0.3, 0.4) is 0 Å². The molecule has 0 rings (SSSR count). The van der Waals surface area contributed by atoms with Crippen LogP contribution >= 0.6 is 0 Å². The van der Waals surface area contributed by atoms with Crippen LogP contribution < -0.4 is 11.5 Å². The van der Waals surface area contributed by atoms with Gasteiger partial charge in [-0.1, -0.05) is 0 Å². The molecule has 4 nitrogen and oxygen atoms in total. The van der Waals surface area contributed by atoms with Crippen molar-refractivity contribution >= 4 is 16.7 Å². The summed E-state index contributed by atoms with van der Waals surface area (Å²) < 4.78 is 11.1. The zero-order valence-electron chi connectivity index (χ0n) is 7.29. The van der Waals surface area contributed by atoms with Gasteiger partial charge in [0.25, 0.3) is 0 Å². The van der Waals surface area contributed by atoms with Crippen molar-refractivity contribution in [1.82, 2.24) is 0 Å². The maximum absolute atomic E-state index is 11.1. The standard InChI is InChI=1S/C7H16N2O2S/c1-6(8)2-4-12(11)5-3-7(9)10/h6H,2-5,8H2,1H3,(H2,9,10). The van der Waals surface area contributed by atoms with Gasteiger partial charge in [-0.15, -0.1) is 0 Å². The molecule has 12 heavy (non-hydrogen) atoms. The number of carbonyl (C=O) groups is 1. The van der Waals surface area contributed by atoms with E-state index in [2.05, 4.69) is 0 Å². The van der Waals surface area contributed by atoms with Crippen molar-refractivity contribution in [2.75, 3.05) is 11.5 Å². The van der Waals surface area contributed by atoms with E-state index in [-0.39, 0.29) is 12.5 Å².